The summed E-state index contributed by atoms with van der Waals surface area (Å²) in [6.07, 6.45) is 1.17. The molecule has 136 valence electrons. The smallest absolute Gasteiger partial charge is 0.195 e. The number of thioether (sulfide) groups is 1. The van der Waals surface area contributed by atoms with Crippen LogP contribution in [0.5, 0.6) is 0 Å². The van der Waals surface area contributed by atoms with Crippen molar-refractivity contribution < 1.29 is 0 Å². The van der Waals surface area contributed by atoms with Gasteiger partial charge in [-0.05, 0) is 43.5 Å². The summed E-state index contributed by atoms with van der Waals surface area (Å²) in [5.74, 6) is 2.66. The van der Waals surface area contributed by atoms with Crippen LogP contribution in [-0.4, -0.2) is 20.5 Å². The summed E-state index contributed by atoms with van der Waals surface area (Å²) in [7, 11) is 0. The summed E-state index contributed by atoms with van der Waals surface area (Å²) in [6.45, 7) is 7.23. The first-order valence-electron chi connectivity index (χ1n) is 9.06. The van der Waals surface area contributed by atoms with Gasteiger partial charge in [0.25, 0.3) is 0 Å². The molecule has 5 heteroatoms. The maximum Gasteiger partial charge on any atom is 0.195 e. The van der Waals surface area contributed by atoms with Gasteiger partial charge in [-0.2, -0.15) is 0 Å². The van der Waals surface area contributed by atoms with Crippen LogP contribution in [0.25, 0.3) is 5.69 Å². The first-order chi connectivity index (χ1) is 12.6. The summed E-state index contributed by atoms with van der Waals surface area (Å²) in [5.41, 5.74) is 3.45. The van der Waals surface area contributed by atoms with Gasteiger partial charge in [0.15, 0.2) is 11.0 Å². The third-order valence-corrected chi connectivity index (χ3v) is 5.11. The Morgan fingerprint density at radius 1 is 1.00 bits per heavy atom. The van der Waals surface area contributed by atoms with Gasteiger partial charge in [-0.25, -0.2) is 0 Å². The van der Waals surface area contributed by atoms with E-state index in [0.717, 1.165) is 28.1 Å². The number of benzene rings is 2. The maximum absolute atomic E-state index is 4.45. The van der Waals surface area contributed by atoms with Crippen LogP contribution in [0.3, 0.4) is 0 Å². The molecule has 0 aliphatic carbocycles. The van der Waals surface area contributed by atoms with Gasteiger partial charge >= 0.3 is 0 Å². The van der Waals surface area contributed by atoms with Crippen molar-refractivity contribution in [3.05, 3.63) is 66.0 Å². The second-order valence-corrected chi connectivity index (χ2v) is 7.88. The highest BCUT2D eigenvalue weighted by Crippen LogP contribution is 2.24. The van der Waals surface area contributed by atoms with E-state index in [2.05, 4.69) is 89.4 Å². The monoisotopic (exact) mass is 366 g/mol. The van der Waals surface area contributed by atoms with Gasteiger partial charge in [0.1, 0.15) is 0 Å². The number of anilines is 1. The molecule has 0 unspecified atom stereocenters. The normalized spacial score (nSPS) is 11.1. The Bertz CT molecular complexity index is 810. The van der Waals surface area contributed by atoms with Crippen molar-refractivity contribution in [3.8, 4) is 5.69 Å². The van der Waals surface area contributed by atoms with Crippen molar-refractivity contribution in [3.63, 3.8) is 0 Å². The summed E-state index contributed by atoms with van der Waals surface area (Å²) < 4.78 is 2.16. The van der Waals surface area contributed by atoms with E-state index in [1.807, 2.05) is 6.07 Å². The molecule has 4 nitrogen and oxygen atoms in total. The summed E-state index contributed by atoms with van der Waals surface area (Å²) in [4.78, 5) is 0. The quantitative estimate of drug-likeness (QED) is 0.548. The number of nitrogens with zero attached hydrogens (tertiary/aromatic N) is 3. The Kier molecular flexibility index (Phi) is 6.34. The molecule has 0 spiro atoms. The van der Waals surface area contributed by atoms with Gasteiger partial charge in [0.05, 0.1) is 6.54 Å². The Hall–Kier alpha value is -2.27. The molecule has 0 saturated heterocycles. The van der Waals surface area contributed by atoms with Crippen molar-refractivity contribution in [2.45, 2.75) is 38.9 Å². The topological polar surface area (TPSA) is 42.7 Å². The lowest BCUT2D eigenvalue weighted by Crippen LogP contribution is -2.08. The van der Waals surface area contributed by atoms with E-state index < -0.39 is 0 Å². The second-order valence-electron chi connectivity index (χ2n) is 6.82. The molecule has 0 saturated carbocycles. The molecule has 1 N–H and O–H groups in total. The standard InChI is InChI=1S/C21H26N4S/c1-16(2)13-14-26-21-24-23-20(25(21)19-7-5-4-6-8-19)15-22-18-11-9-17(3)10-12-18/h4-12,16,22H,13-15H2,1-3H3. The molecule has 0 aliphatic heterocycles. The summed E-state index contributed by atoms with van der Waals surface area (Å²) >= 11 is 1.78. The zero-order chi connectivity index (χ0) is 18.4. The zero-order valence-corrected chi connectivity index (χ0v) is 16.5. The Labute approximate surface area is 160 Å². The molecule has 0 aliphatic rings. The fourth-order valence-corrected chi connectivity index (χ4v) is 3.79. The van der Waals surface area contributed by atoms with E-state index in [1.165, 1.54) is 12.0 Å². The molecule has 3 rings (SSSR count). The number of rotatable bonds is 8. The van der Waals surface area contributed by atoms with Crippen LogP contribution < -0.4 is 5.32 Å². The third kappa shape index (κ3) is 4.88. The van der Waals surface area contributed by atoms with Gasteiger partial charge in [-0.3, -0.25) is 4.57 Å². The van der Waals surface area contributed by atoms with E-state index in [-0.39, 0.29) is 0 Å². The second kappa shape index (κ2) is 8.90. The third-order valence-electron chi connectivity index (χ3n) is 4.14. The summed E-state index contributed by atoms with van der Waals surface area (Å²) in [6, 6.07) is 18.7. The summed E-state index contributed by atoms with van der Waals surface area (Å²) in [5, 5.41) is 13.3. The van der Waals surface area contributed by atoms with Crippen LogP contribution in [0.2, 0.25) is 0 Å². The number of aromatic nitrogens is 3. The molecular weight excluding hydrogens is 340 g/mol. The number of para-hydroxylation sites is 1. The molecule has 0 bridgehead atoms. The molecule has 0 atom stereocenters. The van der Waals surface area contributed by atoms with Gasteiger partial charge in [0, 0.05) is 17.1 Å². The lowest BCUT2D eigenvalue weighted by atomic mass is 10.2. The molecule has 1 aromatic heterocycles. The molecule has 0 amide bonds. The van der Waals surface area contributed by atoms with Crippen molar-refractivity contribution in [2.75, 3.05) is 11.1 Å². The first kappa shape index (κ1) is 18.5. The van der Waals surface area contributed by atoms with Crippen LogP contribution in [0.1, 0.15) is 31.7 Å². The number of hydrogen-bond acceptors (Lipinski definition) is 4. The number of aryl methyl sites for hydroxylation is 1. The lowest BCUT2D eigenvalue weighted by Gasteiger charge is -2.12. The Morgan fingerprint density at radius 3 is 2.42 bits per heavy atom. The van der Waals surface area contributed by atoms with Gasteiger partial charge in [-0.1, -0.05) is 61.5 Å². The SMILES string of the molecule is Cc1ccc(NCc2nnc(SCCC(C)C)n2-c2ccccc2)cc1. The Morgan fingerprint density at radius 2 is 1.73 bits per heavy atom. The maximum atomic E-state index is 4.45. The van der Waals surface area contributed by atoms with E-state index in [1.54, 1.807) is 11.8 Å². The van der Waals surface area contributed by atoms with Crippen LogP contribution in [0.15, 0.2) is 59.8 Å². The fraction of sp³-hybridized carbons (Fsp3) is 0.333. The molecule has 0 radical (unpaired) electrons. The highest BCUT2D eigenvalue weighted by Gasteiger charge is 2.14. The minimum absolute atomic E-state index is 0.635. The Balaban J connectivity index is 1.80. The molecule has 0 fully saturated rings. The van der Waals surface area contributed by atoms with Crippen molar-refractivity contribution in [1.29, 1.82) is 0 Å². The largest absolute Gasteiger partial charge is 0.378 e. The van der Waals surface area contributed by atoms with Crippen LogP contribution in [-0.2, 0) is 6.54 Å². The van der Waals surface area contributed by atoms with Crippen molar-refractivity contribution in [2.24, 2.45) is 5.92 Å². The average Bonchev–Trinajstić information content (AvgIpc) is 3.04. The molecule has 2 aromatic carbocycles. The highest BCUT2D eigenvalue weighted by molar-refractivity contribution is 7.99. The van der Waals surface area contributed by atoms with Crippen molar-refractivity contribution in [1.82, 2.24) is 14.8 Å². The van der Waals surface area contributed by atoms with Crippen LogP contribution >= 0.6 is 11.8 Å². The van der Waals surface area contributed by atoms with Crippen LogP contribution in [0.4, 0.5) is 5.69 Å². The predicted octanol–water partition coefficient (Wildman–Crippen LogP) is 5.33. The van der Waals surface area contributed by atoms with E-state index in [0.29, 0.717) is 12.5 Å². The molecule has 3 aromatic rings. The van der Waals surface area contributed by atoms with Gasteiger partial charge in [-0.15, -0.1) is 10.2 Å². The average molecular weight is 367 g/mol. The number of hydrogen-bond donors (Lipinski definition) is 1. The fourth-order valence-electron chi connectivity index (χ4n) is 2.58. The first-order valence-corrected chi connectivity index (χ1v) is 10.0. The van der Waals surface area contributed by atoms with Crippen molar-refractivity contribution >= 4 is 17.4 Å². The van der Waals surface area contributed by atoms with Gasteiger partial charge in [0.2, 0.25) is 0 Å². The van der Waals surface area contributed by atoms with E-state index in [9.17, 15) is 0 Å². The molecule has 26 heavy (non-hydrogen) atoms. The minimum atomic E-state index is 0.635. The molecular formula is C21H26N4S. The predicted molar refractivity (Wildman–Crippen MR) is 110 cm³/mol. The minimum Gasteiger partial charge on any atom is -0.378 e. The lowest BCUT2D eigenvalue weighted by molar-refractivity contribution is 0.631. The van der Waals surface area contributed by atoms with E-state index in [4.69, 9.17) is 0 Å². The van der Waals surface area contributed by atoms with Gasteiger partial charge < -0.3 is 5.32 Å². The number of nitrogens with one attached hydrogen (secondary N) is 1. The van der Waals surface area contributed by atoms with E-state index >= 15 is 0 Å². The zero-order valence-electron chi connectivity index (χ0n) is 15.6. The molecule has 1 heterocycles. The highest BCUT2D eigenvalue weighted by atomic mass is 32.2. The van der Waals surface area contributed by atoms with Crippen LogP contribution in [0, 0.1) is 12.8 Å².